The van der Waals surface area contributed by atoms with Crippen molar-refractivity contribution in [2.45, 2.75) is 19.5 Å². The number of halogens is 1. The van der Waals surface area contributed by atoms with Gasteiger partial charge in [0, 0.05) is 23.0 Å². The molecule has 0 fully saturated rings. The van der Waals surface area contributed by atoms with Crippen molar-refractivity contribution in [2.24, 2.45) is 10.9 Å². The van der Waals surface area contributed by atoms with Gasteiger partial charge in [-0.05, 0) is 24.4 Å². The van der Waals surface area contributed by atoms with Gasteiger partial charge in [-0.25, -0.2) is 4.39 Å². The molecular weight excluding hydrogens is 277 g/mol. The second kappa shape index (κ2) is 6.49. The maximum Gasteiger partial charge on any atom is 0.173 e. The van der Waals surface area contributed by atoms with Crippen LogP contribution in [0.5, 0.6) is 0 Å². The van der Waals surface area contributed by atoms with Gasteiger partial charge in [-0.1, -0.05) is 23.4 Å². The van der Waals surface area contributed by atoms with E-state index in [1.54, 1.807) is 23.5 Å². The number of nitrogens with two attached hydrogens (primary N) is 1. The standard InChI is InChI=1S/C14H16FN3OS/c1-9(12-6-3-7-20-12)17-8-10-4-2-5-11(13(10)15)14(16)18-19/h2-7,9,17,19H,8H2,1H3,(H2,16,18). The Hall–Kier alpha value is -1.92. The summed E-state index contributed by atoms with van der Waals surface area (Å²) in [6, 6.07) is 9.00. The smallest absolute Gasteiger partial charge is 0.173 e. The molecule has 0 aliphatic heterocycles. The molecule has 0 spiro atoms. The number of hydrogen-bond acceptors (Lipinski definition) is 4. The van der Waals surface area contributed by atoms with Gasteiger partial charge in [0.25, 0.3) is 0 Å². The van der Waals surface area contributed by atoms with E-state index in [0.717, 1.165) is 0 Å². The number of thiophene rings is 1. The predicted molar refractivity (Wildman–Crippen MR) is 78.5 cm³/mol. The Bertz CT molecular complexity index is 598. The van der Waals surface area contributed by atoms with Crippen LogP contribution in [0.1, 0.15) is 29.0 Å². The summed E-state index contributed by atoms with van der Waals surface area (Å²) in [5, 5.41) is 16.7. The molecule has 4 nitrogen and oxygen atoms in total. The third-order valence-electron chi connectivity index (χ3n) is 3.03. The molecule has 4 N–H and O–H groups in total. The van der Waals surface area contributed by atoms with Crippen molar-refractivity contribution in [3.63, 3.8) is 0 Å². The Morgan fingerprint density at radius 3 is 2.90 bits per heavy atom. The Morgan fingerprint density at radius 1 is 1.45 bits per heavy atom. The van der Waals surface area contributed by atoms with Gasteiger partial charge in [0.1, 0.15) is 5.82 Å². The molecule has 106 valence electrons. The van der Waals surface area contributed by atoms with Crippen LogP contribution >= 0.6 is 11.3 Å². The van der Waals surface area contributed by atoms with E-state index in [1.165, 1.54) is 10.9 Å². The van der Waals surface area contributed by atoms with E-state index < -0.39 is 5.82 Å². The Labute approximate surface area is 120 Å². The van der Waals surface area contributed by atoms with Crippen LogP contribution in [-0.2, 0) is 6.54 Å². The zero-order chi connectivity index (χ0) is 14.5. The highest BCUT2D eigenvalue weighted by Crippen LogP contribution is 2.19. The number of benzene rings is 1. The fraction of sp³-hybridized carbons (Fsp3) is 0.214. The van der Waals surface area contributed by atoms with Crippen molar-refractivity contribution in [2.75, 3.05) is 0 Å². The highest BCUT2D eigenvalue weighted by molar-refractivity contribution is 7.10. The van der Waals surface area contributed by atoms with Crippen LogP contribution in [0.15, 0.2) is 40.9 Å². The number of rotatable bonds is 5. The minimum absolute atomic E-state index is 0.107. The molecule has 1 atom stereocenters. The first-order valence-corrected chi connectivity index (χ1v) is 7.03. The van der Waals surface area contributed by atoms with Crippen molar-refractivity contribution in [3.8, 4) is 0 Å². The van der Waals surface area contributed by atoms with Crippen LogP contribution in [0.3, 0.4) is 0 Å². The highest BCUT2D eigenvalue weighted by Gasteiger charge is 2.12. The summed E-state index contributed by atoms with van der Waals surface area (Å²) in [5.41, 5.74) is 6.03. The molecule has 0 bridgehead atoms. The molecule has 0 radical (unpaired) electrons. The van der Waals surface area contributed by atoms with Crippen LogP contribution in [0.4, 0.5) is 4.39 Å². The first-order valence-electron chi connectivity index (χ1n) is 6.15. The van der Waals surface area contributed by atoms with Gasteiger partial charge in [-0.2, -0.15) is 0 Å². The summed E-state index contributed by atoms with van der Waals surface area (Å²) < 4.78 is 14.2. The number of amidine groups is 1. The lowest BCUT2D eigenvalue weighted by molar-refractivity contribution is 0.318. The normalized spacial score (nSPS) is 13.4. The quantitative estimate of drug-likeness (QED) is 0.343. The van der Waals surface area contributed by atoms with E-state index in [0.29, 0.717) is 12.1 Å². The fourth-order valence-corrected chi connectivity index (χ4v) is 2.63. The Morgan fingerprint density at radius 2 is 2.25 bits per heavy atom. The lowest BCUT2D eigenvalue weighted by Crippen LogP contribution is -2.20. The number of nitrogens with one attached hydrogen (secondary N) is 1. The molecule has 1 aromatic carbocycles. The van der Waals surface area contributed by atoms with Gasteiger partial charge in [0.2, 0.25) is 0 Å². The van der Waals surface area contributed by atoms with Gasteiger partial charge in [0.05, 0.1) is 5.56 Å². The minimum Gasteiger partial charge on any atom is -0.409 e. The predicted octanol–water partition coefficient (Wildman–Crippen LogP) is 2.83. The van der Waals surface area contributed by atoms with Gasteiger partial charge < -0.3 is 16.3 Å². The summed E-state index contributed by atoms with van der Waals surface area (Å²) in [6.07, 6.45) is 0. The molecule has 1 heterocycles. The van der Waals surface area contributed by atoms with E-state index in [-0.39, 0.29) is 17.4 Å². The van der Waals surface area contributed by atoms with Crippen LogP contribution in [0.2, 0.25) is 0 Å². The summed E-state index contributed by atoms with van der Waals surface area (Å²) in [5.74, 6) is -0.690. The third kappa shape index (κ3) is 3.15. The molecule has 0 amide bonds. The van der Waals surface area contributed by atoms with Crippen molar-refractivity contribution in [3.05, 3.63) is 57.5 Å². The monoisotopic (exact) mass is 293 g/mol. The zero-order valence-electron chi connectivity index (χ0n) is 11.0. The summed E-state index contributed by atoms with van der Waals surface area (Å²) in [7, 11) is 0. The average molecular weight is 293 g/mol. The van der Waals surface area contributed by atoms with Crippen molar-refractivity contribution < 1.29 is 9.60 Å². The fourth-order valence-electron chi connectivity index (χ4n) is 1.87. The average Bonchev–Trinajstić information content (AvgIpc) is 2.99. The lowest BCUT2D eigenvalue weighted by atomic mass is 10.1. The second-order valence-corrected chi connectivity index (χ2v) is 5.36. The Balaban J connectivity index is 2.10. The van der Waals surface area contributed by atoms with Crippen molar-refractivity contribution in [1.82, 2.24) is 5.32 Å². The molecular formula is C14H16FN3OS. The van der Waals surface area contributed by atoms with E-state index in [2.05, 4.69) is 10.5 Å². The van der Waals surface area contributed by atoms with Gasteiger partial charge in [-0.15, -0.1) is 11.3 Å². The Kier molecular flexibility index (Phi) is 4.70. The molecule has 6 heteroatoms. The van der Waals surface area contributed by atoms with Crippen LogP contribution in [-0.4, -0.2) is 11.0 Å². The third-order valence-corrected chi connectivity index (χ3v) is 4.09. The van der Waals surface area contributed by atoms with Gasteiger partial charge in [-0.3, -0.25) is 0 Å². The zero-order valence-corrected chi connectivity index (χ0v) is 11.8. The van der Waals surface area contributed by atoms with E-state index in [9.17, 15) is 4.39 Å². The van der Waals surface area contributed by atoms with Crippen LogP contribution < -0.4 is 11.1 Å². The minimum atomic E-state index is -0.464. The number of oxime groups is 1. The number of hydrogen-bond donors (Lipinski definition) is 3. The van der Waals surface area contributed by atoms with Crippen molar-refractivity contribution in [1.29, 1.82) is 0 Å². The molecule has 0 saturated carbocycles. The molecule has 1 unspecified atom stereocenters. The molecule has 1 aromatic heterocycles. The topological polar surface area (TPSA) is 70.6 Å². The van der Waals surface area contributed by atoms with Crippen LogP contribution in [0.25, 0.3) is 0 Å². The summed E-state index contributed by atoms with van der Waals surface area (Å²) in [4.78, 5) is 1.19. The molecule has 2 aromatic rings. The molecule has 0 saturated heterocycles. The molecule has 20 heavy (non-hydrogen) atoms. The lowest BCUT2D eigenvalue weighted by Gasteiger charge is -2.13. The molecule has 2 rings (SSSR count). The summed E-state index contributed by atoms with van der Waals surface area (Å²) in [6.45, 7) is 2.40. The van der Waals surface area contributed by atoms with Gasteiger partial charge >= 0.3 is 0 Å². The van der Waals surface area contributed by atoms with Crippen LogP contribution in [0, 0.1) is 5.82 Å². The molecule has 0 aliphatic rings. The molecule has 0 aliphatic carbocycles. The first-order chi connectivity index (χ1) is 9.63. The second-order valence-electron chi connectivity index (χ2n) is 4.38. The van der Waals surface area contributed by atoms with E-state index in [1.807, 2.05) is 24.4 Å². The highest BCUT2D eigenvalue weighted by atomic mass is 32.1. The summed E-state index contributed by atoms with van der Waals surface area (Å²) >= 11 is 1.65. The van der Waals surface area contributed by atoms with Crippen molar-refractivity contribution >= 4 is 17.2 Å². The first kappa shape index (κ1) is 14.5. The largest absolute Gasteiger partial charge is 0.409 e. The maximum atomic E-state index is 14.2. The maximum absolute atomic E-state index is 14.2. The SMILES string of the molecule is CC(NCc1cccc(/C(N)=N/O)c1F)c1cccs1. The number of nitrogens with zero attached hydrogens (tertiary/aromatic N) is 1. The van der Waals surface area contributed by atoms with E-state index >= 15 is 0 Å². The van der Waals surface area contributed by atoms with E-state index in [4.69, 9.17) is 10.9 Å². The van der Waals surface area contributed by atoms with Gasteiger partial charge in [0.15, 0.2) is 5.84 Å².